The van der Waals surface area contributed by atoms with Gasteiger partial charge in [-0.15, -0.1) is 0 Å². The fraction of sp³-hybridized carbons (Fsp3) is 0.538. The summed E-state index contributed by atoms with van der Waals surface area (Å²) < 4.78 is 0. The standard InChI is InChI=1S/C13H22N6O8/c14-3-10(23)17-5(1-8(15)21)11(24)19-7(4-20)12(25)18-6(13(26)27)2-9(16)22/h5-7,20H,1-4,14H2,(H2,15,21)(H2,16,22)(H,17,23)(H,18,25)(H,19,24)(H,26,27). The molecule has 0 aromatic rings. The Hall–Kier alpha value is -3.26. The van der Waals surface area contributed by atoms with Crippen LogP contribution < -0.4 is 33.2 Å². The highest BCUT2D eigenvalue weighted by atomic mass is 16.4. The van der Waals surface area contributed by atoms with E-state index in [1.807, 2.05) is 10.6 Å². The maximum absolute atomic E-state index is 12.1. The van der Waals surface area contributed by atoms with Crippen molar-refractivity contribution in [1.29, 1.82) is 0 Å². The number of carbonyl (C=O) groups is 6. The van der Waals surface area contributed by atoms with Crippen LogP contribution >= 0.6 is 0 Å². The lowest BCUT2D eigenvalue weighted by molar-refractivity contribution is -0.144. The first-order valence-electron chi connectivity index (χ1n) is 7.52. The smallest absolute Gasteiger partial charge is 0.326 e. The Bertz CT molecular complexity index is 610. The predicted octanol–water partition coefficient (Wildman–Crippen LogP) is -5.77. The number of hydrogen-bond donors (Lipinski definition) is 8. The van der Waals surface area contributed by atoms with Crippen molar-refractivity contribution in [1.82, 2.24) is 16.0 Å². The van der Waals surface area contributed by atoms with Crippen LogP contribution in [-0.4, -0.2) is 77.0 Å². The zero-order chi connectivity index (χ0) is 21.1. The number of carboxylic acid groups (broad SMARTS) is 1. The van der Waals surface area contributed by atoms with Gasteiger partial charge in [-0.2, -0.15) is 0 Å². The summed E-state index contributed by atoms with van der Waals surface area (Å²) >= 11 is 0. The lowest BCUT2D eigenvalue weighted by Crippen LogP contribution is -2.58. The summed E-state index contributed by atoms with van der Waals surface area (Å²) in [5.41, 5.74) is 14.9. The molecule has 152 valence electrons. The van der Waals surface area contributed by atoms with Gasteiger partial charge in [-0.05, 0) is 0 Å². The number of hydrogen-bond acceptors (Lipinski definition) is 8. The molecule has 0 radical (unpaired) electrons. The predicted molar refractivity (Wildman–Crippen MR) is 87.2 cm³/mol. The Morgan fingerprint density at radius 3 is 1.63 bits per heavy atom. The Kier molecular flexibility index (Phi) is 10.0. The summed E-state index contributed by atoms with van der Waals surface area (Å²) in [6.45, 7) is -1.44. The number of aliphatic hydroxyl groups excluding tert-OH is 1. The van der Waals surface area contributed by atoms with Gasteiger partial charge in [-0.25, -0.2) is 4.79 Å². The molecule has 14 heteroatoms. The highest BCUT2D eigenvalue weighted by Crippen LogP contribution is 1.97. The molecule has 5 amide bonds. The molecule has 14 nitrogen and oxygen atoms in total. The van der Waals surface area contributed by atoms with Gasteiger partial charge in [0.05, 0.1) is 26.0 Å². The largest absolute Gasteiger partial charge is 0.480 e. The van der Waals surface area contributed by atoms with Crippen LogP contribution in [0.2, 0.25) is 0 Å². The highest BCUT2D eigenvalue weighted by Gasteiger charge is 2.30. The summed E-state index contributed by atoms with van der Waals surface area (Å²) in [5.74, 6) is -6.47. The first-order chi connectivity index (χ1) is 12.5. The van der Waals surface area contributed by atoms with E-state index in [0.717, 1.165) is 0 Å². The lowest BCUT2D eigenvalue weighted by Gasteiger charge is -2.22. The van der Waals surface area contributed by atoms with Crippen molar-refractivity contribution in [3.63, 3.8) is 0 Å². The van der Waals surface area contributed by atoms with Crippen LogP contribution in [0.25, 0.3) is 0 Å². The minimum Gasteiger partial charge on any atom is -0.480 e. The number of carbonyl (C=O) groups excluding carboxylic acids is 5. The number of rotatable bonds is 12. The van der Waals surface area contributed by atoms with Gasteiger partial charge in [-0.1, -0.05) is 0 Å². The molecular formula is C13H22N6O8. The molecule has 0 fully saturated rings. The third kappa shape index (κ3) is 9.13. The Labute approximate surface area is 152 Å². The van der Waals surface area contributed by atoms with E-state index in [-0.39, 0.29) is 0 Å². The zero-order valence-electron chi connectivity index (χ0n) is 14.1. The van der Waals surface area contributed by atoms with E-state index >= 15 is 0 Å². The van der Waals surface area contributed by atoms with Crippen molar-refractivity contribution in [3.8, 4) is 0 Å². The number of aliphatic carboxylic acids is 1. The van der Waals surface area contributed by atoms with E-state index in [0.29, 0.717) is 0 Å². The average molecular weight is 390 g/mol. The molecule has 0 aliphatic rings. The third-order valence-corrected chi connectivity index (χ3v) is 3.08. The maximum Gasteiger partial charge on any atom is 0.326 e. The first-order valence-corrected chi connectivity index (χ1v) is 7.52. The van der Waals surface area contributed by atoms with Crippen LogP contribution in [0.5, 0.6) is 0 Å². The summed E-state index contributed by atoms with van der Waals surface area (Å²) in [6.07, 6.45) is -1.33. The maximum atomic E-state index is 12.1. The molecule has 3 atom stereocenters. The summed E-state index contributed by atoms with van der Waals surface area (Å²) in [7, 11) is 0. The Morgan fingerprint density at radius 1 is 0.778 bits per heavy atom. The fourth-order valence-corrected chi connectivity index (χ4v) is 1.80. The molecule has 0 bridgehead atoms. The number of aliphatic hydroxyl groups is 1. The molecule has 11 N–H and O–H groups in total. The van der Waals surface area contributed by atoms with Crippen LogP contribution in [0, 0.1) is 0 Å². The highest BCUT2D eigenvalue weighted by molar-refractivity contribution is 5.96. The quantitative estimate of drug-likeness (QED) is 0.157. The normalized spacial score (nSPS) is 13.6. The number of primary amides is 2. The number of amides is 5. The van der Waals surface area contributed by atoms with Crippen molar-refractivity contribution in [3.05, 3.63) is 0 Å². The van der Waals surface area contributed by atoms with Gasteiger partial charge >= 0.3 is 5.97 Å². The van der Waals surface area contributed by atoms with Crippen LogP contribution in [0.15, 0.2) is 0 Å². The molecule has 0 saturated carbocycles. The summed E-state index contributed by atoms with van der Waals surface area (Å²) in [4.78, 5) is 68.3. The van der Waals surface area contributed by atoms with E-state index in [4.69, 9.17) is 22.3 Å². The van der Waals surface area contributed by atoms with Crippen LogP contribution in [0.4, 0.5) is 0 Å². The lowest BCUT2D eigenvalue weighted by atomic mass is 10.1. The molecular weight excluding hydrogens is 368 g/mol. The second-order valence-electron chi connectivity index (χ2n) is 5.31. The molecule has 27 heavy (non-hydrogen) atoms. The van der Waals surface area contributed by atoms with Crippen molar-refractivity contribution in [2.75, 3.05) is 13.2 Å². The van der Waals surface area contributed by atoms with Crippen LogP contribution in [-0.2, 0) is 28.8 Å². The molecule has 0 aromatic carbocycles. The van der Waals surface area contributed by atoms with Gasteiger partial charge in [0.1, 0.15) is 18.1 Å². The van der Waals surface area contributed by atoms with Crippen molar-refractivity contribution < 1.29 is 39.0 Å². The molecule has 0 aliphatic carbocycles. The molecule has 0 aromatic heterocycles. The van der Waals surface area contributed by atoms with E-state index in [9.17, 15) is 33.9 Å². The molecule has 0 aliphatic heterocycles. The fourth-order valence-electron chi connectivity index (χ4n) is 1.80. The number of nitrogens with one attached hydrogen (secondary N) is 3. The topological polar surface area (TPSA) is 257 Å². The van der Waals surface area contributed by atoms with E-state index in [2.05, 4.69) is 5.32 Å². The van der Waals surface area contributed by atoms with Crippen molar-refractivity contribution >= 4 is 35.5 Å². The zero-order valence-corrected chi connectivity index (χ0v) is 14.1. The van der Waals surface area contributed by atoms with Crippen molar-refractivity contribution in [2.24, 2.45) is 17.2 Å². The van der Waals surface area contributed by atoms with E-state index in [1.54, 1.807) is 0 Å². The van der Waals surface area contributed by atoms with Gasteiger partial charge in [0.2, 0.25) is 29.5 Å². The Balaban J connectivity index is 5.12. The molecule has 3 unspecified atom stereocenters. The Morgan fingerprint density at radius 2 is 1.22 bits per heavy atom. The molecule has 0 heterocycles. The van der Waals surface area contributed by atoms with E-state index < -0.39 is 79.6 Å². The van der Waals surface area contributed by atoms with Gasteiger partial charge in [0.25, 0.3) is 0 Å². The monoisotopic (exact) mass is 390 g/mol. The minimum atomic E-state index is -1.68. The van der Waals surface area contributed by atoms with Crippen molar-refractivity contribution in [2.45, 2.75) is 31.0 Å². The molecule has 0 spiro atoms. The third-order valence-electron chi connectivity index (χ3n) is 3.08. The van der Waals surface area contributed by atoms with Gasteiger partial charge < -0.3 is 43.4 Å². The van der Waals surface area contributed by atoms with Gasteiger partial charge in [-0.3, -0.25) is 24.0 Å². The SMILES string of the molecule is NCC(=O)NC(CC(N)=O)C(=O)NC(CO)C(=O)NC(CC(N)=O)C(=O)O. The molecule has 0 rings (SSSR count). The second-order valence-corrected chi connectivity index (χ2v) is 5.31. The second kappa shape index (κ2) is 11.4. The first kappa shape index (κ1) is 23.7. The average Bonchev–Trinajstić information content (AvgIpc) is 2.56. The van der Waals surface area contributed by atoms with E-state index in [1.165, 1.54) is 0 Å². The van der Waals surface area contributed by atoms with Gasteiger partial charge in [0, 0.05) is 0 Å². The molecule has 0 saturated heterocycles. The minimum absolute atomic E-state index is 0.486. The number of carboxylic acids is 1. The van der Waals surface area contributed by atoms with Crippen LogP contribution in [0.1, 0.15) is 12.8 Å². The van der Waals surface area contributed by atoms with Gasteiger partial charge in [0.15, 0.2) is 0 Å². The summed E-state index contributed by atoms with van der Waals surface area (Å²) in [5, 5.41) is 24.2. The number of nitrogens with two attached hydrogens (primary N) is 3. The summed E-state index contributed by atoms with van der Waals surface area (Å²) in [6, 6.07) is -4.79. The van der Waals surface area contributed by atoms with Crippen LogP contribution in [0.3, 0.4) is 0 Å².